The monoisotopic (exact) mass is 442 g/mol. The van der Waals surface area contributed by atoms with Crippen LogP contribution in [-0.2, 0) is 0 Å². The Kier molecular flexibility index (Phi) is 9.42. The number of phenols is 2. The fourth-order valence-electron chi connectivity index (χ4n) is 1.99. The van der Waals surface area contributed by atoms with Gasteiger partial charge >= 0.3 is 23.9 Å². The maximum Gasteiger partial charge on any atom is 0.335 e. The van der Waals surface area contributed by atoms with Gasteiger partial charge in [0, 0.05) is 0 Å². The topological polar surface area (TPSA) is 190 Å². The fourth-order valence-corrected chi connectivity index (χ4v) is 1.99. The lowest BCUT2D eigenvalue weighted by atomic mass is 10.1. The standard InChI is InChI=1S/2C8H6O4.C6H6O2/c9-7(10)5-1-2-6(4-3-5)8(11)12;9-7(10)5-2-1-3-6(4-5)8(11)12;7-5-1-2-6(8)4-3-5/h2*1-4H,(H,9,10)(H,11,12);1-4,7-8H. The van der Waals surface area contributed by atoms with Gasteiger partial charge in [-0.05, 0) is 66.7 Å². The van der Waals surface area contributed by atoms with Crippen LogP contribution in [0.1, 0.15) is 41.4 Å². The van der Waals surface area contributed by atoms with Crippen LogP contribution in [0.15, 0.2) is 72.8 Å². The molecule has 0 aliphatic heterocycles. The van der Waals surface area contributed by atoms with E-state index < -0.39 is 23.9 Å². The molecule has 6 N–H and O–H groups in total. The van der Waals surface area contributed by atoms with E-state index in [1.165, 1.54) is 66.7 Å². The van der Waals surface area contributed by atoms with Gasteiger partial charge in [0.25, 0.3) is 0 Å². The molecule has 166 valence electrons. The minimum Gasteiger partial charge on any atom is -0.508 e. The molecule has 10 nitrogen and oxygen atoms in total. The first-order valence-corrected chi connectivity index (χ1v) is 8.62. The van der Waals surface area contributed by atoms with Crippen molar-refractivity contribution in [2.24, 2.45) is 0 Å². The van der Waals surface area contributed by atoms with Crippen LogP contribution >= 0.6 is 0 Å². The molecule has 0 atom stereocenters. The van der Waals surface area contributed by atoms with E-state index in [9.17, 15) is 19.2 Å². The number of carboxylic acids is 4. The molecule has 0 heterocycles. The van der Waals surface area contributed by atoms with Crippen molar-refractivity contribution in [1.29, 1.82) is 0 Å². The minimum absolute atomic E-state index is 0.0186. The maximum atomic E-state index is 10.4. The highest BCUT2D eigenvalue weighted by molar-refractivity contribution is 5.93. The zero-order valence-corrected chi connectivity index (χ0v) is 16.2. The summed E-state index contributed by atoms with van der Waals surface area (Å²) in [7, 11) is 0. The maximum absolute atomic E-state index is 10.4. The van der Waals surface area contributed by atoms with Gasteiger partial charge in [-0.2, -0.15) is 0 Å². The largest absolute Gasteiger partial charge is 0.508 e. The molecular weight excluding hydrogens is 424 g/mol. The average molecular weight is 442 g/mol. The summed E-state index contributed by atoms with van der Waals surface area (Å²) in [5.74, 6) is -4.04. The van der Waals surface area contributed by atoms with Crippen LogP contribution in [0.5, 0.6) is 11.5 Å². The van der Waals surface area contributed by atoms with E-state index >= 15 is 0 Å². The van der Waals surface area contributed by atoms with Crippen LogP contribution in [0, 0.1) is 0 Å². The van der Waals surface area contributed by atoms with Crippen LogP contribution < -0.4 is 0 Å². The van der Waals surface area contributed by atoms with Crippen molar-refractivity contribution in [2.45, 2.75) is 0 Å². The highest BCUT2D eigenvalue weighted by Gasteiger charge is 2.07. The molecule has 3 aromatic carbocycles. The molecule has 0 aliphatic rings. The SMILES string of the molecule is O=C(O)c1ccc(C(=O)O)cc1.O=C(O)c1cccc(C(=O)O)c1.Oc1ccc(O)cc1. The third-order valence-electron chi connectivity index (χ3n) is 3.58. The van der Waals surface area contributed by atoms with E-state index in [1.54, 1.807) is 0 Å². The quantitative estimate of drug-likeness (QED) is 0.327. The fraction of sp³-hybridized carbons (Fsp3) is 0. The Morgan fingerprint density at radius 1 is 0.438 bits per heavy atom. The number of hydrogen-bond donors (Lipinski definition) is 6. The first-order chi connectivity index (χ1) is 15.0. The van der Waals surface area contributed by atoms with Crippen LogP contribution in [0.4, 0.5) is 0 Å². The van der Waals surface area contributed by atoms with E-state index in [2.05, 4.69) is 0 Å². The molecule has 3 rings (SSSR count). The van der Waals surface area contributed by atoms with Gasteiger partial charge in [0.05, 0.1) is 22.3 Å². The highest BCUT2D eigenvalue weighted by Crippen LogP contribution is 2.13. The minimum atomic E-state index is -1.13. The predicted octanol–water partition coefficient (Wildman–Crippen LogP) is 3.26. The molecule has 0 radical (unpaired) electrons. The second-order valence-electron chi connectivity index (χ2n) is 5.90. The number of aromatic hydroxyl groups is 2. The lowest BCUT2D eigenvalue weighted by Gasteiger charge is -1.95. The predicted molar refractivity (Wildman–Crippen MR) is 110 cm³/mol. The Morgan fingerprint density at radius 3 is 0.969 bits per heavy atom. The number of carbonyl (C=O) groups is 4. The zero-order valence-electron chi connectivity index (χ0n) is 16.2. The number of aromatic carboxylic acids is 4. The second kappa shape index (κ2) is 12.0. The summed E-state index contributed by atoms with van der Waals surface area (Å²) in [5.41, 5.74) is 0.129. The Morgan fingerprint density at radius 2 is 0.719 bits per heavy atom. The molecule has 0 amide bonds. The molecule has 0 saturated heterocycles. The summed E-state index contributed by atoms with van der Waals surface area (Å²) < 4.78 is 0. The molecule has 0 saturated carbocycles. The van der Waals surface area contributed by atoms with Crippen molar-refractivity contribution in [3.63, 3.8) is 0 Å². The molecule has 32 heavy (non-hydrogen) atoms. The molecule has 0 fully saturated rings. The molecule has 0 aliphatic carbocycles. The van der Waals surface area contributed by atoms with Gasteiger partial charge in [-0.15, -0.1) is 0 Å². The van der Waals surface area contributed by atoms with Crippen molar-refractivity contribution < 1.29 is 49.8 Å². The summed E-state index contributed by atoms with van der Waals surface area (Å²) >= 11 is 0. The molecule has 0 aromatic heterocycles. The number of phenolic OH excluding ortho intramolecular Hbond substituents is 2. The molecule has 3 aromatic rings. The van der Waals surface area contributed by atoms with Gasteiger partial charge in [0.2, 0.25) is 0 Å². The third-order valence-corrected chi connectivity index (χ3v) is 3.58. The number of rotatable bonds is 4. The normalized spacial score (nSPS) is 9.25. The van der Waals surface area contributed by atoms with Gasteiger partial charge in [-0.25, -0.2) is 19.2 Å². The van der Waals surface area contributed by atoms with Gasteiger partial charge in [-0.3, -0.25) is 0 Å². The molecule has 0 bridgehead atoms. The van der Waals surface area contributed by atoms with E-state index in [0.717, 1.165) is 6.07 Å². The molecule has 10 heteroatoms. The van der Waals surface area contributed by atoms with Crippen LogP contribution in [0.25, 0.3) is 0 Å². The average Bonchev–Trinajstić information content (AvgIpc) is 2.76. The Balaban J connectivity index is 0.000000245. The Labute approximate surface area is 180 Å². The van der Waals surface area contributed by atoms with Gasteiger partial charge in [0.15, 0.2) is 0 Å². The summed E-state index contributed by atoms with van der Waals surface area (Å²) in [5, 5.41) is 51.2. The summed E-state index contributed by atoms with van der Waals surface area (Å²) in [6.07, 6.45) is 0. The van der Waals surface area contributed by atoms with Crippen molar-refractivity contribution in [3.05, 3.63) is 95.1 Å². The number of hydrogen-bond acceptors (Lipinski definition) is 6. The van der Waals surface area contributed by atoms with Crippen molar-refractivity contribution in [2.75, 3.05) is 0 Å². The lowest BCUT2D eigenvalue weighted by Crippen LogP contribution is -2.01. The smallest absolute Gasteiger partial charge is 0.335 e. The van der Waals surface area contributed by atoms with Crippen molar-refractivity contribution >= 4 is 23.9 Å². The number of benzene rings is 3. The molecule has 0 unspecified atom stereocenters. The first kappa shape index (κ1) is 25.2. The van der Waals surface area contributed by atoms with Crippen molar-refractivity contribution in [1.82, 2.24) is 0 Å². The summed E-state index contributed by atoms with van der Waals surface area (Å²) in [6.45, 7) is 0. The van der Waals surface area contributed by atoms with Crippen LogP contribution in [-0.4, -0.2) is 54.5 Å². The first-order valence-electron chi connectivity index (χ1n) is 8.62. The lowest BCUT2D eigenvalue weighted by molar-refractivity contribution is 0.0681. The molecule has 0 spiro atoms. The Hall–Kier alpha value is -4.86. The zero-order chi connectivity index (χ0) is 24.3. The number of carboxylic acid groups (broad SMARTS) is 4. The van der Waals surface area contributed by atoms with E-state index in [4.69, 9.17) is 30.6 Å². The van der Waals surface area contributed by atoms with Crippen molar-refractivity contribution in [3.8, 4) is 11.5 Å². The van der Waals surface area contributed by atoms with Gasteiger partial charge in [0.1, 0.15) is 11.5 Å². The van der Waals surface area contributed by atoms with Crippen LogP contribution in [0.3, 0.4) is 0 Å². The van der Waals surface area contributed by atoms with E-state index in [-0.39, 0.29) is 33.8 Å². The highest BCUT2D eigenvalue weighted by atomic mass is 16.4. The second-order valence-corrected chi connectivity index (χ2v) is 5.90. The summed E-state index contributed by atoms with van der Waals surface area (Å²) in [4.78, 5) is 41.4. The Bertz CT molecular complexity index is 1000. The van der Waals surface area contributed by atoms with Crippen LogP contribution in [0.2, 0.25) is 0 Å². The van der Waals surface area contributed by atoms with Gasteiger partial charge < -0.3 is 30.6 Å². The summed E-state index contributed by atoms with van der Waals surface area (Å²) in [6, 6.07) is 15.9. The molecular formula is C22H18O10. The van der Waals surface area contributed by atoms with Gasteiger partial charge in [-0.1, -0.05) is 6.07 Å². The third kappa shape index (κ3) is 8.66. The van der Waals surface area contributed by atoms with E-state index in [0.29, 0.717) is 0 Å². The van der Waals surface area contributed by atoms with E-state index in [1.807, 2.05) is 0 Å².